The monoisotopic (exact) mass is 325 g/mol. The molecule has 0 bridgehead atoms. The molecule has 1 saturated heterocycles. The minimum atomic E-state index is -0.0785. The maximum Gasteiger partial charge on any atom is 0.237 e. The molecule has 22 heavy (non-hydrogen) atoms. The first-order valence-electron chi connectivity index (χ1n) is 8.01. The van der Waals surface area contributed by atoms with Crippen molar-refractivity contribution >= 4 is 22.4 Å². The molecule has 2 rings (SSSR count). The molecule has 2 heterocycles. The molecule has 1 N–H and O–H groups in total. The molecule has 0 aromatic carbocycles. The minimum Gasteiger partial charge on any atom is -0.353 e. The van der Waals surface area contributed by atoms with Gasteiger partial charge >= 0.3 is 0 Å². The Kier molecular flexibility index (Phi) is 5.74. The van der Waals surface area contributed by atoms with Crippen molar-refractivity contribution in [1.82, 2.24) is 20.4 Å². The molecule has 0 radical (unpaired) electrons. The van der Waals surface area contributed by atoms with Gasteiger partial charge < -0.3 is 10.2 Å². The smallest absolute Gasteiger partial charge is 0.237 e. The highest BCUT2D eigenvalue weighted by Gasteiger charge is 2.27. The SMILES string of the molecule is CC(C)NC(=O)C(C)N1CCN(c2nnc(C(C)C)s2)CC1. The summed E-state index contributed by atoms with van der Waals surface area (Å²) in [7, 11) is 0. The molecule has 1 aromatic heterocycles. The Morgan fingerprint density at radius 1 is 1.09 bits per heavy atom. The first-order chi connectivity index (χ1) is 10.4. The van der Waals surface area contributed by atoms with Crippen molar-refractivity contribution in [1.29, 1.82) is 0 Å². The molecular formula is C15H27N5OS. The van der Waals surface area contributed by atoms with E-state index in [1.54, 1.807) is 11.3 Å². The van der Waals surface area contributed by atoms with Gasteiger partial charge in [0, 0.05) is 38.1 Å². The van der Waals surface area contributed by atoms with E-state index in [-0.39, 0.29) is 18.0 Å². The van der Waals surface area contributed by atoms with E-state index in [0.29, 0.717) is 5.92 Å². The standard InChI is InChI=1S/C15H27N5OS/c1-10(2)14-17-18-15(22-14)20-8-6-19(7-9-20)12(5)13(21)16-11(3)4/h10-12H,6-9H2,1-5H3,(H,16,21). The number of nitrogens with zero attached hydrogens (tertiary/aromatic N) is 4. The van der Waals surface area contributed by atoms with Gasteiger partial charge in [0.2, 0.25) is 11.0 Å². The molecule has 1 amide bonds. The zero-order valence-corrected chi connectivity index (χ0v) is 15.0. The molecular weight excluding hydrogens is 298 g/mol. The third kappa shape index (κ3) is 4.16. The van der Waals surface area contributed by atoms with Crippen molar-refractivity contribution in [3.8, 4) is 0 Å². The van der Waals surface area contributed by atoms with Crippen molar-refractivity contribution in [3.63, 3.8) is 0 Å². The van der Waals surface area contributed by atoms with Crippen molar-refractivity contribution < 1.29 is 4.79 Å². The van der Waals surface area contributed by atoms with Crippen LogP contribution in [0, 0.1) is 0 Å². The highest BCUT2D eigenvalue weighted by atomic mass is 32.1. The number of carbonyl (C=O) groups is 1. The molecule has 1 unspecified atom stereocenters. The van der Waals surface area contributed by atoms with Crippen LogP contribution in [0.5, 0.6) is 0 Å². The van der Waals surface area contributed by atoms with Crippen LogP contribution >= 0.6 is 11.3 Å². The lowest BCUT2D eigenvalue weighted by Crippen LogP contribution is -2.54. The normalized spacial score (nSPS) is 18.0. The van der Waals surface area contributed by atoms with Gasteiger partial charge in [0.15, 0.2) is 0 Å². The van der Waals surface area contributed by atoms with Crippen LogP contribution in [0.15, 0.2) is 0 Å². The van der Waals surface area contributed by atoms with Crippen LogP contribution in [-0.2, 0) is 4.79 Å². The molecule has 1 fully saturated rings. The van der Waals surface area contributed by atoms with E-state index in [9.17, 15) is 4.79 Å². The highest BCUT2D eigenvalue weighted by Crippen LogP contribution is 2.26. The zero-order chi connectivity index (χ0) is 16.3. The molecule has 1 aliphatic heterocycles. The predicted molar refractivity (Wildman–Crippen MR) is 90.5 cm³/mol. The van der Waals surface area contributed by atoms with E-state index >= 15 is 0 Å². The summed E-state index contributed by atoms with van der Waals surface area (Å²) in [5.41, 5.74) is 0. The van der Waals surface area contributed by atoms with Crippen molar-refractivity contribution in [2.24, 2.45) is 0 Å². The Morgan fingerprint density at radius 3 is 2.23 bits per heavy atom. The number of anilines is 1. The molecule has 1 aliphatic rings. The molecule has 7 heteroatoms. The number of amides is 1. The molecule has 0 spiro atoms. The fourth-order valence-electron chi connectivity index (χ4n) is 2.46. The molecule has 0 saturated carbocycles. The second-order valence-electron chi connectivity index (χ2n) is 6.44. The van der Waals surface area contributed by atoms with E-state index < -0.39 is 0 Å². The number of hydrogen-bond acceptors (Lipinski definition) is 6. The topological polar surface area (TPSA) is 61.4 Å². The van der Waals surface area contributed by atoms with Crippen LogP contribution in [0.2, 0.25) is 0 Å². The maximum atomic E-state index is 12.1. The van der Waals surface area contributed by atoms with Crippen LogP contribution in [0.3, 0.4) is 0 Å². The van der Waals surface area contributed by atoms with E-state index in [4.69, 9.17) is 0 Å². The number of rotatable bonds is 5. The largest absolute Gasteiger partial charge is 0.353 e. The number of piperazine rings is 1. The number of carbonyl (C=O) groups excluding carboxylic acids is 1. The average molecular weight is 325 g/mol. The third-order valence-electron chi connectivity index (χ3n) is 3.87. The number of nitrogens with one attached hydrogen (secondary N) is 1. The van der Waals surface area contributed by atoms with Gasteiger partial charge in [-0.3, -0.25) is 9.69 Å². The Morgan fingerprint density at radius 2 is 1.73 bits per heavy atom. The Labute approximate surface area is 136 Å². The predicted octanol–water partition coefficient (Wildman–Crippen LogP) is 1.70. The summed E-state index contributed by atoms with van der Waals surface area (Å²) >= 11 is 1.68. The van der Waals surface area contributed by atoms with E-state index in [1.807, 2.05) is 20.8 Å². The van der Waals surface area contributed by atoms with Gasteiger partial charge in [-0.15, -0.1) is 10.2 Å². The average Bonchev–Trinajstić information content (AvgIpc) is 2.96. The summed E-state index contributed by atoms with van der Waals surface area (Å²) < 4.78 is 0. The number of aromatic nitrogens is 2. The second-order valence-corrected chi connectivity index (χ2v) is 7.43. The van der Waals surface area contributed by atoms with Gasteiger partial charge in [0.25, 0.3) is 0 Å². The fraction of sp³-hybridized carbons (Fsp3) is 0.800. The first kappa shape index (κ1) is 17.1. The van der Waals surface area contributed by atoms with Crippen LogP contribution in [0.1, 0.15) is 45.5 Å². The maximum absolute atomic E-state index is 12.1. The minimum absolute atomic E-state index is 0.0785. The van der Waals surface area contributed by atoms with Crippen LogP contribution in [-0.4, -0.2) is 59.3 Å². The lowest BCUT2D eigenvalue weighted by molar-refractivity contribution is -0.126. The van der Waals surface area contributed by atoms with Crippen LogP contribution in [0.25, 0.3) is 0 Å². The summed E-state index contributed by atoms with van der Waals surface area (Å²) in [5, 5.41) is 13.6. The van der Waals surface area contributed by atoms with Gasteiger partial charge in [0.1, 0.15) is 5.01 Å². The second kappa shape index (κ2) is 7.37. The van der Waals surface area contributed by atoms with Crippen molar-refractivity contribution in [3.05, 3.63) is 5.01 Å². The summed E-state index contributed by atoms with van der Waals surface area (Å²) in [5.74, 6) is 0.536. The summed E-state index contributed by atoms with van der Waals surface area (Å²) in [6.07, 6.45) is 0. The van der Waals surface area contributed by atoms with Gasteiger partial charge in [0.05, 0.1) is 6.04 Å². The molecule has 1 atom stereocenters. The third-order valence-corrected chi connectivity index (χ3v) is 5.15. The molecule has 124 valence electrons. The molecule has 6 nitrogen and oxygen atoms in total. The lowest BCUT2D eigenvalue weighted by atomic mass is 10.2. The first-order valence-corrected chi connectivity index (χ1v) is 8.83. The lowest BCUT2D eigenvalue weighted by Gasteiger charge is -2.37. The quantitative estimate of drug-likeness (QED) is 0.893. The van der Waals surface area contributed by atoms with Crippen molar-refractivity contribution in [2.45, 2.75) is 52.6 Å². The Bertz CT molecular complexity index is 494. The Hall–Kier alpha value is -1.21. The van der Waals surface area contributed by atoms with Crippen molar-refractivity contribution in [2.75, 3.05) is 31.1 Å². The van der Waals surface area contributed by atoms with Gasteiger partial charge in [-0.2, -0.15) is 0 Å². The number of hydrogen-bond donors (Lipinski definition) is 1. The van der Waals surface area contributed by atoms with Gasteiger partial charge in [-0.25, -0.2) is 0 Å². The fourth-order valence-corrected chi connectivity index (χ4v) is 3.36. The van der Waals surface area contributed by atoms with Gasteiger partial charge in [-0.1, -0.05) is 25.2 Å². The summed E-state index contributed by atoms with van der Waals surface area (Å²) in [4.78, 5) is 16.6. The van der Waals surface area contributed by atoms with E-state index in [1.165, 1.54) is 0 Å². The molecule has 1 aromatic rings. The summed E-state index contributed by atoms with van der Waals surface area (Å²) in [6, 6.07) is 0.109. The van der Waals surface area contributed by atoms with Gasteiger partial charge in [-0.05, 0) is 20.8 Å². The van der Waals surface area contributed by atoms with E-state index in [0.717, 1.165) is 36.3 Å². The highest BCUT2D eigenvalue weighted by molar-refractivity contribution is 7.15. The summed E-state index contributed by atoms with van der Waals surface area (Å²) in [6.45, 7) is 13.8. The van der Waals surface area contributed by atoms with E-state index in [2.05, 4.69) is 39.2 Å². The van der Waals surface area contributed by atoms with Crippen LogP contribution < -0.4 is 10.2 Å². The Balaban J connectivity index is 1.88. The molecule has 0 aliphatic carbocycles. The van der Waals surface area contributed by atoms with Crippen LogP contribution in [0.4, 0.5) is 5.13 Å². The zero-order valence-electron chi connectivity index (χ0n) is 14.2.